The predicted molar refractivity (Wildman–Crippen MR) is 102 cm³/mol. The van der Waals surface area contributed by atoms with Crippen LogP contribution in [-0.4, -0.2) is 43.1 Å². The number of amides is 1. The standard InChI is InChI=1S/C21H28N2O2/c1-17(21(24)22-12-15-23-13-6-2-3-7-14-23)25-20-11-10-18-8-4-5-9-19(18)16-20/h4-5,8-11,16-17H,2-3,6-7,12-15H2,1H3,(H,22,24)/t17-/m0/s1. The van der Waals surface area contributed by atoms with Crippen LogP contribution in [-0.2, 0) is 4.79 Å². The summed E-state index contributed by atoms with van der Waals surface area (Å²) in [5.74, 6) is 0.678. The number of likely N-dealkylation sites (tertiary alicyclic amines) is 1. The molecule has 0 radical (unpaired) electrons. The van der Waals surface area contributed by atoms with Gasteiger partial charge in [0.2, 0.25) is 0 Å². The summed E-state index contributed by atoms with van der Waals surface area (Å²) in [6, 6.07) is 14.1. The highest BCUT2D eigenvalue weighted by molar-refractivity contribution is 5.84. The highest BCUT2D eigenvalue weighted by atomic mass is 16.5. The molecular weight excluding hydrogens is 312 g/mol. The van der Waals surface area contributed by atoms with Crippen LogP contribution in [0.3, 0.4) is 0 Å². The first-order chi connectivity index (χ1) is 12.2. The summed E-state index contributed by atoms with van der Waals surface area (Å²) in [6.07, 6.45) is 4.72. The quantitative estimate of drug-likeness (QED) is 0.873. The fourth-order valence-corrected chi connectivity index (χ4v) is 3.34. The van der Waals surface area contributed by atoms with Crippen molar-refractivity contribution in [1.29, 1.82) is 0 Å². The molecule has 0 unspecified atom stereocenters. The zero-order chi connectivity index (χ0) is 17.5. The van der Waals surface area contributed by atoms with Crippen molar-refractivity contribution in [2.45, 2.75) is 38.7 Å². The molecule has 1 amide bonds. The van der Waals surface area contributed by atoms with Gasteiger partial charge in [-0.2, -0.15) is 0 Å². The average Bonchev–Trinajstić information content (AvgIpc) is 2.90. The lowest BCUT2D eigenvalue weighted by Crippen LogP contribution is -2.41. The van der Waals surface area contributed by atoms with Gasteiger partial charge in [-0.25, -0.2) is 0 Å². The van der Waals surface area contributed by atoms with E-state index in [1.54, 1.807) is 6.92 Å². The molecule has 0 aliphatic carbocycles. The van der Waals surface area contributed by atoms with Gasteiger partial charge in [-0.1, -0.05) is 43.2 Å². The molecular formula is C21H28N2O2. The molecule has 0 spiro atoms. The van der Waals surface area contributed by atoms with E-state index >= 15 is 0 Å². The van der Waals surface area contributed by atoms with Crippen LogP contribution < -0.4 is 10.1 Å². The van der Waals surface area contributed by atoms with Crippen molar-refractivity contribution in [1.82, 2.24) is 10.2 Å². The minimum absolute atomic E-state index is 0.0528. The van der Waals surface area contributed by atoms with Gasteiger partial charge in [0, 0.05) is 13.1 Å². The number of carbonyl (C=O) groups excluding carboxylic acids is 1. The first kappa shape index (κ1) is 17.7. The van der Waals surface area contributed by atoms with Gasteiger partial charge in [0.15, 0.2) is 6.10 Å². The molecule has 1 heterocycles. The van der Waals surface area contributed by atoms with Crippen molar-refractivity contribution < 1.29 is 9.53 Å². The molecule has 2 aromatic carbocycles. The van der Waals surface area contributed by atoms with Gasteiger partial charge in [0.1, 0.15) is 5.75 Å². The second-order valence-electron chi connectivity index (χ2n) is 6.82. The van der Waals surface area contributed by atoms with E-state index in [2.05, 4.69) is 16.3 Å². The molecule has 1 N–H and O–H groups in total. The van der Waals surface area contributed by atoms with Crippen LogP contribution in [0.4, 0.5) is 0 Å². The van der Waals surface area contributed by atoms with Crippen molar-refractivity contribution in [3.8, 4) is 5.75 Å². The molecule has 0 bridgehead atoms. The summed E-state index contributed by atoms with van der Waals surface area (Å²) >= 11 is 0. The molecule has 1 atom stereocenters. The van der Waals surface area contributed by atoms with Crippen molar-refractivity contribution in [2.24, 2.45) is 0 Å². The minimum atomic E-state index is -0.495. The number of rotatable bonds is 6. The number of benzene rings is 2. The van der Waals surface area contributed by atoms with E-state index in [1.807, 2.05) is 36.4 Å². The van der Waals surface area contributed by atoms with Gasteiger partial charge >= 0.3 is 0 Å². The Morgan fingerprint density at radius 2 is 1.80 bits per heavy atom. The van der Waals surface area contributed by atoms with Crippen molar-refractivity contribution in [3.05, 3.63) is 42.5 Å². The van der Waals surface area contributed by atoms with Crippen LogP contribution in [0, 0.1) is 0 Å². The maximum absolute atomic E-state index is 12.3. The van der Waals surface area contributed by atoms with Crippen LogP contribution in [0.25, 0.3) is 10.8 Å². The third-order valence-electron chi connectivity index (χ3n) is 4.83. The van der Waals surface area contributed by atoms with Gasteiger partial charge in [-0.05, 0) is 55.8 Å². The number of nitrogens with zero attached hydrogens (tertiary/aromatic N) is 1. The maximum Gasteiger partial charge on any atom is 0.260 e. The molecule has 25 heavy (non-hydrogen) atoms. The van der Waals surface area contributed by atoms with Crippen LogP contribution in [0.2, 0.25) is 0 Å². The second kappa shape index (κ2) is 8.86. The Morgan fingerprint density at radius 1 is 1.08 bits per heavy atom. The minimum Gasteiger partial charge on any atom is -0.481 e. The van der Waals surface area contributed by atoms with Crippen molar-refractivity contribution in [3.63, 3.8) is 0 Å². The lowest BCUT2D eigenvalue weighted by atomic mass is 10.1. The van der Waals surface area contributed by atoms with Gasteiger partial charge < -0.3 is 15.0 Å². The smallest absolute Gasteiger partial charge is 0.260 e. The third kappa shape index (κ3) is 5.20. The molecule has 0 aromatic heterocycles. The lowest BCUT2D eigenvalue weighted by Gasteiger charge is -2.21. The Hall–Kier alpha value is -2.07. The van der Waals surface area contributed by atoms with Crippen LogP contribution in [0.5, 0.6) is 5.75 Å². The van der Waals surface area contributed by atoms with Crippen LogP contribution in [0.15, 0.2) is 42.5 Å². The van der Waals surface area contributed by atoms with Crippen LogP contribution >= 0.6 is 0 Å². The summed E-state index contributed by atoms with van der Waals surface area (Å²) in [5, 5.41) is 5.29. The Kier molecular flexibility index (Phi) is 6.29. The Bertz CT molecular complexity index is 693. The van der Waals surface area contributed by atoms with E-state index in [0.29, 0.717) is 6.54 Å². The molecule has 1 aliphatic heterocycles. The fraction of sp³-hybridized carbons (Fsp3) is 0.476. The zero-order valence-electron chi connectivity index (χ0n) is 15.0. The van der Waals surface area contributed by atoms with E-state index in [9.17, 15) is 4.79 Å². The highest BCUT2D eigenvalue weighted by Crippen LogP contribution is 2.21. The molecule has 0 saturated carbocycles. The SMILES string of the molecule is C[C@H](Oc1ccc2ccccc2c1)C(=O)NCCN1CCCCCC1. The summed E-state index contributed by atoms with van der Waals surface area (Å²) in [7, 11) is 0. The number of nitrogens with one attached hydrogen (secondary N) is 1. The van der Waals surface area contributed by atoms with Crippen molar-refractivity contribution in [2.75, 3.05) is 26.2 Å². The van der Waals surface area contributed by atoms with Gasteiger partial charge in [0.05, 0.1) is 0 Å². The summed E-state index contributed by atoms with van der Waals surface area (Å²) < 4.78 is 5.82. The van der Waals surface area contributed by atoms with Gasteiger partial charge in [0.25, 0.3) is 5.91 Å². The number of hydrogen-bond acceptors (Lipinski definition) is 3. The summed E-state index contributed by atoms with van der Waals surface area (Å²) in [6.45, 7) is 5.72. The second-order valence-corrected chi connectivity index (χ2v) is 6.82. The first-order valence-electron chi connectivity index (χ1n) is 9.38. The number of fused-ring (bicyclic) bond motifs is 1. The summed E-state index contributed by atoms with van der Waals surface area (Å²) in [5.41, 5.74) is 0. The topological polar surface area (TPSA) is 41.6 Å². The normalized spacial score (nSPS) is 17.0. The largest absolute Gasteiger partial charge is 0.481 e. The molecule has 1 saturated heterocycles. The third-order valence-corrected chi connectivity index (χ3v) is 4.83. The van der Waals surface area contributed by atoms with E-state index in [1.165, 1.54) is 31.1 Å². The molecule has 134 valence electrons. The Labute approximate surface area is 150 Å². The average molecular weight is 340 g/mol. The van der Waals surface area contributed by atoms with E-state index in [0.717, 1.165) is 30.8 Å². The predicted octanol–water partition coefficient (Wildman–Crippen LogP) is 3.60. The molecule has 1 fully saturated rings. The fourth-order valence-electron chi connectivity index (χ4n) is 3.34. The van der Waals surface area contributed by atoms with Crippen LogP contribution in [0.1, 0.15) is 32.6 Å². The van der Waals surface area contributed by atoms with Crippen molar-refractivity contribution >= 4 is 16.7 Å². The molecule has 4 heteroatoms. The molecule has 1 aliphatic rings. The summed E-state index contributed by atoms with van der Waals surface area (Å²) in [4.78, 5) is 14.7. The van der Waals surface area contributed by atoms with E-state index in [4.69, 9.17) is 4.74 Å². The molecule has 2 aromatic rings. The van der Waals surface area contributed by atoms with E-state index < -0.39 is 6.10 Å². The first-order valence-corrected chi connectivity index (χ1v) is 9.38. The Morgan fingerprint density at radius 3 is 2.56 bits per heavy atom. The van der Waals surface area contributed by atoms with E-state index in [-0.39, 0.29) is 5.91 Å². The maximum atomic E-state index is 12.3. The Balaban J connectivity index is 1.46. The number of carbonyl (C=O) groups is 1. The lowest BCUT2D eigenvalue weighted by molar-refractivity contribution is -0.127. The zero-order valence-corrected chi connectivity index (χ0v) is 15.0. The molecule has 3 rings (SSSR count). The van der Waals surface area contributed by atoms with Gasteiger partial charge in [-0.15, -0.1) is 0 Å². The number of ether oxygens (including phenoxy) is 1. The highest BCUT2D eigenvalue weighted by Gasteiger charge is 2.15. The number of hydrogen-bond donors (Lipinski definition) is 1. The molecule has 4 nitrogen and oxygen atoms in total. The van der Waals surface area contributed by atoms with Gasteiger partial charge in [-0.3, -0.25) is 4.79 Å². The monoisotopic (exact) mass is 340 g/mol.